The van der Waals surface area contributed by atoms with Gasteiger partial charge in [-0.2, -0.15) is 10.2 Å². The van der Waals surface area contributed by atoms with E-state index in [-0.39, 0.29) is 18.2 Å². The van der Waals surface area contributed by atoms with E-state index in [0.29, 0.717) is 6.54 Å². The van der Waals surface area contributed by atoms with Crippen LogP contribution in [0.25, 0.3) is 11.0 Å². The number of fused-ring (bicyclic) bond motifs is 1. The third kappa shape index (κ3) is 2.42. The highest BCUT2D eigenvalue weighted by Crippen LogP contribution is 2.32. The van der Waals surface area contributed by atoms with Crippen LogP contribution in [0.3, 0.4) is 0 Å². The van der Waals surface area contributed by atoms with Gasteiger partial charge in [-0.3, -0.25) is 9.36 Å². The van der Waals surface area contributed by atoms with Gasteiger partial charge < -0.3 is 10.4 Å². The smallest absolute Gasteiger partial charge is 0.157 e. The first kappa shape index (κ1) is 14.3. The van der Waals surface area contributed by atoms with Crippen LogP contribution in [0, 0.1) is 6.92 Å². The van der Waals surface area contributed by atoms with E-state index >= 15 is 0 Å². The number of aromatic nitrogens is 5. The van der Waals surface area contributed by atoms with Crippen LogP contribution in [0.1, 0.15) is 23.7 Å². The van der Waals surface area contributed by atoms with Crippen molar-refractivity contribution in [2.45, 2.75) is 38.1 Å². The molecule has 1 aliphatic rings. The molecule has 0 aliphatic heterocycles. The van der Waals surface area contributed by atoms with E-state index in [0.717, 1.165) is 28.7 Å². The first-order valence-corrected chi connectivity index (χ1v) is 7.82. The molecule has 3 aromatic rings. The molecule has 1 saturated carbocycles. The fourth-order valence-electron chi connectivity index (χ4n) is 3.33. The van der Waals surface area contributed by atoms with E-state index < -0.39 is 0 Å². The second-order valence-corrected chi connectivity index (χ2v) is 6.19. The minimum absolute atomic E-state index is 0.00168. The van der Waals surface area contributed by atoms with Crippen LogP contribution in [0.5, 0.6) is 0 Å². The van der Waals surface area contributed by atoms with Crippen molar-refractivity contribution in [2.75, 3.05) is 0 Å². The SMILES string of the molecule is Cc1nn(C)c2ncc(CN[C@H]3C[C@@H](O)[C@@H]3n3cccn3)cc12. The lowest BCUT2D eigenvalue weighted by Crippen LogP contribution is -2.54. The van der Waals surface area contributed by atoms with E-state index in [1.54, 1.807) is 10.9 Å². The predicted octanol–water partition coefficient (Wildman–Crippen LogP) is 0.937. The van der Waals surface area contributed by atoms with Crippen molar-refractivity contribution in [3.05, 3.63) is 42.0 Å². The molecule has 0 amide bonds. The lowest BCUT2D eigenvalue weighted by atomic mass is 9.83. The molecule has 23 heavy (non-hydrogen) atoms. The van der Waals surface area contributed by atoms with Gasteiger partial charge in [-0.25, -0.2) is 4.98 Å². The summed E-state index contributed by atoms with van der Waals surface area (Å²) < 4.78 is 3.64. The number of nitrogens with one attached hydrogen (secondary N) is 1. The maximum Gasteiger partial charge on any atom is 0.157 e. The third-order valence-electron chi connectivity index (χ3n) is 4.62. The van der Waals surface area contributed by atoms with Gasteiger partial charge in [0.1, 0.15) is 0 Å². The maximum atomic E-state index is 10.0. The zero-order chi connectivity index (χ0) is 16.0. The molecule has 0 radical (unpaired) electrons. The Morgan fingerprint density at radius 1 is 1.43 bits per heavy atom. The number of aryl methyl sites for hydroxylation is 2. The highest BCUT2D eigenvalue weighted by atomic mass is 16.3. The Kier molecular flexibility index (Phi) is 3.39. The summed E-state index contributed by atoms with van der Waals surface area (Å²) in [7, 11) is 1.91. The lowest BCUT2D eigenvalue weighted by molar-refractivity contribution is -0.00822. The molecule has 3 atom stereocenters. The molecule has 0 bridgehead atoms. The Balaban J connectivity index is 1.48. The van der Waals surface area contributed by atoms with Crippen LogP contribution in [0.2, 0.25) is 0 Å². The molecule has 2 N–H and O–H groups in total. The fraction of sp³-hybridized carbons (Fsp3) is 0.438. The summed E-state index contributed by atoms with van der Waals surface area (Å²) in [6.45, 7) is 2.71. The summed E-state index contributed by atoms with van der Waals surface area (Å²) in [6.07, 6.45) is 5.92. The molecule has 0 saturated heterocycles. The average Bonchev–Trinajstić information content (AvgIpc) is 3.12. The van der Waals surface area contributed by atoms with Gasteiger partial charge in [-0.15, -0.1) is 0 Å². The Hall–Kier alpha value is -2.25. The van der Waals surface area contributed by atoms with Gasteiger partial charge in [-0.1, -0.05) is 0 Å². The van der Waals surface area contributed by atoms with Crippen LogP contribution in [-0.2, 0) is 13.6 Å². The molecule has 1 aliphatic carbocycles. The van der Waals surface area contributed by atoms with Crippen LogP contribution in [-0.4, -0.2) is 41.8 Å². The first-order valence-electron chi connectivity index (χ1n) is 7.82. The topological polar surface area (TPSA) is 80.8 Å². The van der Waals surface area contributed by atoms with Crippen LogP contribution >= 0.6 is 0 Å². The van der Waals surface area contributed by atoms with Gasteiger partial charge in [0.2, 0.25) is 0 Å². The summed E-state index contributed by atoms with van der Waals surface area (Å²) in [6, 6.07) is 4.23. The second kappa shape index (κ2) is 5.43. The summed E-state index contributed by atoms with van der Waals surface area (Å²) in [5.74, 6) is 0. The van der Waals surface area contributed by atoms with E-state index in [9.17, 15) is 5.11 Å². The zero-order valence-corrected chi connectivity index (χ0v) is 13.2. The number of pyridine rings is 1. The van der Waals surface area contributed by atoms with Crippen molar-refractivity contribution in [3.63, 3.8) is 0 Å². The largest absolute Gasteiger partial charge is 0.391 e. The number of nitrogens with zero attached hydrogens (tertiary/aromatic N) is 5. The predicted molar refractivity (Wildman–Crippen MR) is 85.8 cm³/mol. The van der Waals surface area contributed by atoms with Crippen LogP contribution in [0.4, 0.5) is 0 Å². The molecule has 0 aromatic carbocycles. The highest BCUT2D eigenvalue weighted by molar-refractivity contribution is 5.78. The van der Waals surface area contributed by atoms with Crippen LogP contribution in [0.15, 0.2) is 30.7 Å². The summed E-state index contributed by atoms with van der Waals surface area (Å²) in [4.78, 5) is 4.50. The quantitative estimate of drug-likeness (QED) is 0.749. The molecule has 7 heteroatoms. The Morgan fingerprint density at radius 3 is 3.04 bits per heavy atom. The normalized spacial score (nSPS) is 24.0. The Bertz CT molecular complexity index is 825. The van der Waals surface area contributed by atoms with Gasteiger partial charge in [-0.05, 0) is 31.0 Å². The van der Waals surface area contributed by atoms with Gasteiger partial charge in [0.25, 0.3) is 0 Å². The van der Waals surface area contributed by atoms with Crippen molar-refractivity contribution >= 4 is 11.0 Å². The summed E-state index contributed by atoms with van der Waals surface area (Å²) >= 11 is 0. The highest BCUT2D eigenvalue weighted by Gasteiger charge is 2.41. The summed E-state index contributed by atoms with van der Waals surface area (Å²) in [5, 5.41) is 23.2. The molecule has 3 aromatic heterocycles. The molecular formula is C16H20N6O. The monoisotopic (exact) mass is 312 g/mol. The van der Waals surface area contributed by atoms with Gasteiger partial charge in [0, 0.05) is 43.6 Å². The van der Waals surface area contributed by atoms with E-state index in [4.69, 9.17) is 0 Å². The standard InChI is InChI=1S/C16H20N6O/c1-10-12-6-11(9-18-16(12)21(2)20-10)8-17-13-7-14(23)15(13)22-5-3-4-19-22/h3-6,9,13-15,17,23H,7-8H2,1-2H3/t13-,14+,15+/m0/s1. The van der Waals surface area contributed by atoms with Crippen molar-refractivity contribution in [1.82, 2.24) is 29.9 Å². The van der Waals surface area contributed by atoms with E-state index in [1.807, 2.05) is 37.1 Å². The number of aliphatic hydroxyl groups is 1. The third-order valence-corrected chi connectivity index (χ3v) is 4.62. The molecule has 120 valence electrons. The second-order valence-electron chi connectivity index (χ2n) is 6.19. The first-order chi connectivity index (χ1) is 11.1. The van der Waals surface area contributed by atoms with Crippen molar-refractivity contribution < 1.29 is 5.11 Å². The van der Waals surface area contributed by atoms with E-state index in [2.05, 4.69) is 26.6 Å². The molecular weight excluding hydrogens is 292 g/mol. The molecule has 0 unspecified atom stereocenters. The number of aliphatic hydroxyl groups excluding tert-OH is 1. The molecule has 4 rings (SSSR count). The number of hydrogen-bond donors (Lipinski definition) is 2. The van der Waals surface area contributed by atoms with Crippen molar-refractivity contribution in [3.8, 4) is 0 Å². The average molecular weight is 312 g/mol. The number of rotatable bonds is 4. The zero-order valence-electron chi connectivity index (χ0n) is 13.2. The summed E-state index contributed by atoms with van der Waals surface area (Å²) in [5.41, 5.74) is 3.01. The maximum absolute atomic E-state index is 10.0. The van der Waals surface area contributed by atoms with Gasteiger partial charge in [0.05, 0.1) is 17.8 Å². The molecule has 3 heterocycles. The minimum atomic E-state index is -0.339. The molecule has 0 spiro atoms. The Labute approximate surface area is 133 Å². The van der Waals surface area contributed by atoms with Crippen LogP contribution < -0.4 is 5.32 Å². The fourth-order valence-corrected chi connectivity index (χ4v) is 3.33. The number of hydrogen-bond acceptors (Lipinski definition) is 5. The van der Waals surface area contributed by atoms with Gasteiger partial charge in [0.15, 0.2) is 5.65 Å². The minimum Gasteiger partial charge on any atom is -0.391 e. The van der Waals surface area contributed by atoms with Gasteiger partial charge >= 0.3 is 0 Å². The Morgan fingerprint density at radius 2 is 2.30 bits per heavy atom. The van der Waals surface area contributed by atoms with Crippen molar-refractivity contribution in [1.29, 1.82) is 0 Å². The molecule has 7 nitrogen and oxygen atoms in total. The van der Waals surface area contributed by atoms with E-state index in [1.165, 1.54) is 0 Å². The lowest BCUT2D eigenvalue weighted by Gasteiger charge is -2.42. The van der Waals surface area contributed by atoms with Crippen molar-refractivity contribution in [2.24, 2.45) is 7.05 Å². The molecule has 1 fully saturated rings.